The second-order valence-corrected chi connectivity index (χ2v) is 9.41. The third-order valence-electron chi connectivity index (χ3n) is 6.34. The molecule has 0 radical (unpaired) electrons. The van der Waals surface area contributed by atoms with Gasteiger partial charge in [-0.05, 0) is 51.0 Å². The van der Waals surface area contributed by atoms with E-state index in [0.717, 1.165) is 43.2 Å². The minimum absolute atomic E-state index is 0.262. The van der Waals surface area contributed by atoms with Crippen LogP contribution in [0.4, 0.5) is 18.9 Å². The first kappa shape index (κ1) is 25.6. The van der Waals surface area contributed by atoms with E-state index in [-0.39, 0.29) is 11.7 Å². The number of nitrogens with zero attached hydrogens (tertiary/aromatic N) is 3. The minimum Gasteiger partial charge on any atom is -0.480 e. The molecular formula is C25H27F3N4O4. The van der Waals surface area contributed by atoms with Crippen molar-refractivity contribution < 1.29 is 32.6 Å². The van der Waals surface area contributed by atoms with Crippen molar-refractivity contribution in [1.29, 1.82) is 0 Å². The van der Waals surface area contributed by atoms with Crippen molar-refractivity contribution in [3.8, 4) is 0 Å². The molecular weight excluding hydrogens is 477 g/mol. The van der Waals surface area contributed by atoms with Gasteiger partial charge in [0.1, 0.15) is 18.0 Å². The van der Waals surface area contributed by atoms with Crippen molar-refractivity contribution in [2.75, 3.05) is 11.9 Å². The number of anilines is 1. The molecule has 3 aromatic rings. The van der Waals surface area contributed by atoms with E-state index in [9.17, 15) is 22.8 Å². The average Bonchev–Trinajstić information content (AvgIpc) is 3.25. The molecule has 11 heteroatoms. The van der Waals surface area contributed by atoms with Crippen molar-refractivity contribution in [1.82, 2.24) is 14.8 Å². The van der Waals surface area contributed by atoms with Crippen molar-refractivity contribution in [3.63, 3.8) is 0 Å². The third kappa shape index (κ3) is 5.67. The Morgan fingerprint density at radius 2 is 1.89 bits per heavy atom. The van der Waals surface area contributed by atoms with Gasteiger partial charge in [0.25, 0.3) is 5.91 Å². The number of benzene rings is 1. The fraction of sp³-hybridized carbons (Fsp3) is 0.440. The quantitative estimate of drug-likeness (QED) is 0.437. The second-order valence-electron chi connectivity index (χ2n) is 9.41. The molecule has 2 heterocycles. The summed E-state index contributed by atoms with van der Waals surface area (Å²) in [6.45, 7) is 2.71. The molecule has 0 aliphatic heterocycles. The molecule has 1 aromatic carbocycles. The van der Waals surface area contributed by atoms with Gasteiger partial charge in [-0.25, -0.2) is 9.78 Å². The van der Waals surface area contributed by atoms with Gasteiger partial charge in [-0.3, -0.25) is 9.48 Å². The monoisotopic (exact) mass is 504 g/mol. The lowest BCUT2D eigenvalue weighted by Crippen LogP contribution is -2.27. The van der Waals surface area contributed by atoms with Crippen LogP contribution < -0.4 is 5.32 Å². The van der Waals surface area contributed by atoms with Gasteiger partial charge in [0, 0.05) is 22.8 Å². The second kappa shape index (κ2) is 9.88. The SMILES string of the molecule is CC(C)(OCC(=O)O)c1cc2nn(C3CCCCC3)cc2cc1NC(=O)c1cccc(C(F)(F)F)n1. The number of alkyl halides is 3. The number of carboxylic acid groups (broad SMARTS) is 1. The number of aromatic nitrogens is 3. The number of rotatable bonds is 7. The van der Waals surface area contributed by atoms with E-state index in [0.29, 0.717) is 11.1 Å². The van der Waals surface area contributed by atoms with Gasteiger partial charge in [-0.1, -0.05) is 25.3 Å². The van der Waals surface area contributed by atoms with Crippen molar-refractivity contribution >= 4 is 28.5 Å². The normalized spacial score (nSPS) is 15.2. The van der Waals surface area contributed by atoms with Gasteiger partial charge in [-0.2, -0.15) is 18.3 Å². The molecule has 0 unspecified atom stereocenters. The van der Waals surface area contributed by atoms with E-state index in [4.69, 9.17) is 14.9 Å². The lowest BCUT2D eigenvalue weighted by molar-refractivity contribution is -0.148. The Balaban J connectivity index is 1.73. The minimum atomic E-state index is -4.69. The van der Waals surface area contributed by atoms with Crippen molar-refractivity contribution in [3.05, 3.63) is 53.5 Å². The summed E-state index contributed by atoms with van der Waals surface area (Å²) in [4.78, 5) is 27.5. The average molecular weight is 505 g/mol. The summed E-state index contributed by atoms with van der Waals surface area (Å²) in [5, 5.41) is 17.2. The summed E-state index contributed by atoms with van der Waals surface area (Å²) in [7, 11) is 0. The number of fused-ring (bicyclic) bond motifs is 1. The number of carbonyl (C=O) groups excluding carboxylic acids is 1. The highest BCUT2D eigenvalue weighted by molar-refractivity contribution is 6.04. The highest BCUT2D eigenvalue weighted by Crippen LogP contribution is 2.36. The molecule has 1 aliphatic rings. The van der Waals surface area contributed by atoms with Gasteiger partial charge in [0.15, 0.2) is 0 Å². The van der Waals surface area contributed by atoms with Gasteiger partial charge in [0.05, 0.1) is 17.2 Å². The smallest absolute Gasteiger partial charge is 0.433 e. The van der Waals surface area contributed by atoms with Crippen LogP contribution in [0.1, 0.15) is 73.7 Å². The van der Waals surface area contributed by atoms with Crippen LogP contribution in [0.25, 0.3) is 10.9 Å². The molecule has 1 fully saturated rings. The molecule has 1 aliphatic carbocycles. The number of carboxylic acids is 1. The predicted octanol–water partition coefficient (Wildman–Crippen LogP) is 5.54. The van der Waals surface area contributed by atoms with Crippen molar-refractivity contribution in [2.24, 2.45) is 0 Å². The zero-order valence-corrected chi connectivity index (χ0v) is 19.9. The maximum absolute atomic E-state index is 13.1. The summed E-state index contributed by atoms with van der Waals surface area (Å²) in [6.07, 6.45) is 2.65. The first-order valence-corrected chi connectivity index (χ1v) is 11.7. The first-order chi connectivity index (χ1) is 16.9. The van der Waals surface area contributed by atoms with Gasteiger partial charge in [0.2, 0.25) is 0 Å². The number of pyridine rings is 1. The molecule has 2 aromatic heterocycles. The Kier molecular flexibility index (Phi) is 7.03. The number of ether oxygens (including phenoxy) is 1. The maximum Gasteiger partial charge on any atom is 0.433 e. The summed E-state index contributed by atoms with van der Waals surface area (Å²) >= 11 is 0. The fourth-order valence-electron chi connectivity index (χ4n) is 4.45. The van der Waals surface area contributed by atoms with E-state index in [1.165, 1.54) is 12.5 Å². The van der Waals surface area contributed by atoms with Crippen LogP contribution in [0, 0.1) is 0 Å². The molecule has 1 amide bonds. The van der Waals surface area contributed by atoms with E-state index >= 15 is 0 Å². The zero-order valence-electron chi connectivity index (χ0n) is 19.9. The maximum atomic E-state index is 13.1. The third-order valence-corrected chi connectivity index (χ3v) is 6.34. The molecule has 2 N–H and O–H groups in total. The number of carbonyl (C=O) groups is 2. The van der Waals surface area contributed by atoms with Crippen molar-refractivity contribution in [2.45, 2.75) is 63.8 Å². The largest absolute Gasteiger partial charge is 0.480 e. The van der Waals surface area contributed by atoms with Gasteiger partial charge >= 0.3 is 12.1 Å². The number of hydrogen-bond acceptors (Lipinski definition) is 5. The van der Waals surface area contributed by atoms with Gasteiger partial charge < -0.3 is 15.2 Å². The molecule has 0 bridgehead atoms. The van der Waals surface area contributed by atoms with Crippen LogP contribution >= 0.6 is 0 Å². The highest BCUT2D eigenvalue weighted by atomic mass is 19.4. The van der Waals surface area contributed by atoms with E-state index in [1.807, 2.05) is 10.9 Å². The molecule has 8 nitrogen and oxygen atoms in total. The standard InChI is InChI=1S/C25H27F3N4O4/c1-24(2,36-14-22(33)34)17-12-19-15(13-32(31-19)16-7-4-3-5-8-16)11-20(17)30-23(35)18-9-6-10-21(29-18)25(26,27)28/h6,9-13,16H,3-5,7-8,14H2,1-2H3,(H,30,35)(H,33,34). The number of amides is 1. The van der Waals surface area contributed by atoms with Crippen LogP contribution in [0.3, 0.4) is 0 Å². The van der Waals surface area contributed by atoms with Gasteiger partial charge in [-0.15, -0.1) is 0 Å². The number of hydrogen-bond donors (Lipinski definition) is 2. The summed E-state index contributed by atoms with van der Waals surface area (Å²) in [5.41, 5.74) is -1.40. The van der Waals surface area contributed by atoms with Crippen LogP contribution in [0.15, 0.2) is 36.5 Å². The van der Waals surface area contributed by atoms with E-state index < -0.39 is 41.6 Å². The first-order valence-electron chi connectivity index (χ1n) is 11.7. The zero-order chi connectivity index (χ0) is 26.1. The lowest BCUT2D eigenvalue weighted by Gasteiger charge is -2.27. The summed E-state index contributed by atoms with van der Waals surface area (Å²) in [5.74, 6) is -2.00. The Morgan fingerprint density at radius 1 is 1.17 bits per heavy atom. The number of nitrogens with one attached hydrogen (secondary N) is 1. The van der Waals surface area contributed by atoms with Crippen LogP contribution in [-0.2, 0) is 21.3 Å². The lowest BCUT2D eigenvalue weighted by atomic mass is 9.94. The van der Waals surface area contributed by atoms with E-state index in [2.05, 4.69) is 10.3 Å². The Hall–Kier alpha value is -3.47. The molecule has 0 saturated heterocycles. The van der Waals surface area contributed by atoms with E-state index in [1.54, 1.807) is 26.0 Å². The fourth-order valence-corrected chi connectivity index (χ4v) is 4.45. The summed E-state index contributed by atoms with van der Waals surface area (Å²) in [6, 6.07) is 6.74. The van der Waals surface area contributed by atoms with Crippen LogP contribution in [0.2, 0.25) is 0 Å². The molecule has 4 rings (SSSR count). The molecule has 0 spiro atoms. The Bertz CT molecular complexity index is 1280. The Morgan fingerprint density at radius 3 is 2.56 bits per heavy atom. The highest BCUT2D eigenvalue weighted by Gasteiger charge is 2.33. The molecule has 192 valence electrons. The molecule has 36 heavy (non-hydrogen) atoms. The predicted molar refractivity (Wildman–Crippen MR) is 126 cm³/mol. The number of aliphatic carboxylic acids is 1. The molecule has 0 atom stereocenters. The molecule has 1 saturated carbocycles. The summed E-state index contributed by atoms with van der Waals surface area (Å²) < 4.78 is 46.8. The van der Waals surface area contributed by atoms with Crippen LogP contribution in [0.5, 0.6) is 0 Å². The number of halogens is 3. The van der Waals surface area contributed by atoms with Crippen LogP contribution in [-0.4, -0.2) is 38.4 Å². The Labute approximate surface area is 205 Å². The topological polar surface area (TPSA) is 106 Å².